The quantitative estimate of drug-likeness (QED) is 0.346. The Morgan fingerprint density at radius 2 is 2.00 bits per heavy atom. The van der Waals surface area contributed by atoms with Crippen molar-refractivity contribution in [1.82, 2.24) is 9.97 Å². The number of carbonyl (C=O) groups is 1. The number of nitriles is 1. The molecule has 0 aliphatic rings. The molecule has 0 fully saturated rings. The summed E-state index contributed by atoms with van der Waals surface area (Å²) >= 11 is 4.63. The van der Waals surface area contributed by atoms with Gasteiger partial charge in [0, 0.05) is 24.2 Å². The molecule has 0 aliphatic carbocycles. The normalized spacial score (nSPS) is 11.1. The minimum absolute atomic E-state index is 0.0654. The average Bonchev–Trinajstić information content (AvgIpc) is 3.01. The Labute approximate surface area is 168 Å². The summed E-state index contributed by atoms with van der Waals surface area (Å²) in [6, 6.07) is 12.6. The van der Waals surface area contributed by atoms with Crippen LogP contribution in [0.15, 0.2) is 73.5 Å². The van der Waals surface area contributed by atoms with Crippen LogP contribution in [-0.2, 0) is 4.79 Å². The summed E-state index contributed by atoms with van der Waals surface area (Å²) in [5.74, 6) is -0.134. The first-order valence-electron chi connectivity index (χ1n) is 7.79. The van der Waals surface area contributed by atoms with Crippen LogP contribution in [0.4, 0.5) is 5.69 Å². The van der Waals surface area contributed by atoms with Gasteiger partial charge in [-0.2, -0.15) is 5.26 Å². The van der Waals surface area contributed by atoms with Crippen molar-refractivity contribution in [1.29, 1.82) is 5.26 Å². The zero-order valence-electron chi connectivity index (χ0n) is 14.1. The van der Waals surface area contributed by atoms with Crippen molar-refractivity contribution in [3.8, 4) is 6.07 Å². The van der Waals surface area contributed by atoms with Crippen LogP contribution in [0.5, 0.6) is 0 Å². The molecule has 1 aromatic carbocycles. The molecule has 0 bridgehead atoms. The molecule has 0 saturated heterocycles. The molecular weight excluding hydrogens is 428 g/mol. The molecule has 2 aromatic heterocycles. The maximum Gasteiger partial charge on any atom is 0.266 e. The Hall–Kier alpha value is -2.89. The van der Waals surface area contributed by atoms with Crippen LogP contribution in [0.25, 0.3) is 6.08 Å². The highest BCUT2D eigenvalue weighted by Crippen LogP contribution is 2.34. The fourth-order valence-electron chi connectivity index (χ4n) is 2.06. The van der Waals surface area contributed by atoms with E-state index in [0.717, 1.165) is 5.56 Å². The second-order valence-corrected chi connectivity index (χ2v) is 7.20. The minimum Gasteiger partial charge on any atom is -0.449 e. The summed E-state index contributed by atoms with van der Waals surface area (Å²) in [6.45, 7) is 1.96. The van der Waals surface area contributed by atoms with Gasteiger partial charge < -0.3 is 9.73 Å². The van der Waals surface area contributed by atoms with Crippen LogP contribution in [-0.4, -0.2) is 15.9 Å². The lowest BCUT2D eigenvalue weighted by Crippen LogP contribution is -2.13. The highest BCUT2D eigenvalue weighted by atomic mass is 79.9. The highest BCUT2D eigenvalue weighted by Gasteiger charge is 2.14. The average molecular weight is 441 g/mol. The Bertz CT molecular complexity index is 1020. The van der Waals surface area contributed by atoms with E-state index in [0.29, 0.717) is 26.2 Å². The third-order valence-corrected chi connectivity index (χ3v) is 5.10. The van der Waals surface area contributed by atoms with Crippen molar-refractivity contribution in [2.24, 2.45) is 0 Å². The Morgan fingerprint density at radius 3 is 2.67 bits per heavy atom. The maximum absolute atomic E-state index is 12.3. The number of nitrogens with one attached hydrogen (secondary N) is 1. The third kappa shape index (κ3) is 5.06. The smallest absolute Gasteiger partial charge is 0.266 e. The van der Waals surface area contributed by atoms with Gasteiger partial charge in [0.05, 0.1) is 4.47 Å². The van der Waals surface area contributed by atoms with Crippen molar-refractivity contribution >= 4 is 45.4 Å². The molecular formula is C19H13BrN4O2S. The van der Waals surface area contributed by atoms with Gasteiger partial charge in [0.25, 0.3) is 5.91 Å². The summed E-state index contributed by atoms with van der Waals surface area (Å²) in [4.78, 5) is 20.6. The minimum atomic E-state index is -0.505. The summed E-state index contributed by atoms with van der Waals surface area (Å²) in [6.07, 6.45) is 4.66. The standard InChI is InChI=1S/C19H13BrN4O2S/c1-12-3-5-14(6-4-12)24-17(25)13(11-21)9-15-10-16(20)18(26-15)27-19-22-7-2-8-23-19/h2-10H,1H3,(H,24,25)/b13-9+. The summed E-state index contributed by atoms with van der Waals surface area (Å²) < 4.78 is 6.38. The summed E-state index contributed by atoms with van der Waals surface area (Å²) in [5, 5.41) is 13.1. The van der Waals surface area contributed by atoms with Crippen molar-refractivity contribution in [3.63, 3.8) is 0 Å². The number of rotatable bonds is 5. The molecule has 3 rings (SSSR count). The van der Waals surface area contributed by atoms with Gasteiger partial charge in [-0.1, -0.05) is 17.7 Å². The number of aromatic nitrogens is 2. The van der Waals surface area contributed by atoms with Crippen LogP contribution in [0.1, 0.15) is 11.3 Å². The Kier molecular flexibility index (Phi) is 6.06. The van der Waals surface area contributed by atoms with Crippen LogP contribution < -0.4 is 5.32 Å². The number of nitrogens with zero attached hydrogens (tertiary/aromatic N) is 3. The lowest BCUT2D eigenvalue weighted by Gasteiger charge is -2.04. The summed E-state index contributed by atoms with van der Waals surface area (Å²) in [7, 11) is 0. The first kappa shape index (κ1) is 18.9. The van der Waals surface area contributed by atoms with E-state index in [1.165, 1.54) is 17.8 Å². The Balaban J connectivity index is 1.77. The fourth-order valence-corrected chi connectivity index (χ4v) is 3.29. The first-order chi connectivity index (χ1) is 13.0. The number of carbonyl (C=O) groups excluding carboxylic acids is 1. The van der Waals surface area contributed by atoms with Crippen molar-refractivity contribution in [2.45, 2.75) is 17.2 Å². The molecule has 1 amide bonds. The van der Waals surface area contributed by atoms with E-state index in [4.69, 9.17) is 4.42 Å². The van der Waals surface area contributed by atoms with Gasteiger partial charge in [0.1, 0.15) is 17.4 Å². The molecule has 0 saturated carbocycles. The SMILES string of the molecule is Cc1ccc(NC(=O)/C(C#N)=C/c2cc(Br)c(Sc3ncccn3)o2)cc1. The third-order valence-electron chi connectivity index (χ3n) is 3.36. The van der Waals surface area contributed by atoms with Gasteiger partial charge in [-0.05, 0) is 58.9 Å². The molecule has 0 atom stereocenters. The molecule has 6 nitrogen and oxygen atoms in total. The van der Waals surface area contributed by atoms with Crippen molar-refractivity contribution in [2.75, 3.05) is 5.32 Å². The van der Waals surface area contributed by atoms with Crippen LogP contribution in [0.2, 0.25) is 0 Å². The lowest BCUT2D eigenvalue weighted by atomic mass is 10.2. The molecule has 27 heavy (non-hydrogen) atoms. The number of halogens is 1. The number of aryl methyl sites for hydroxylation is 1. The van der Waals surface area contributed by atoms with E-state index in [1.807, 2.05) is 25.1 Å². The molecule has 0 spiro atoms. The van der Waals surface area contributed by atoms with E-state index < -0.39 is 5.91 Å². The molecule has 0 unspecified atom stereocenters. The molecule has 1 N–H and O–H groups in total. The van der Waals surface area contributed by atoms with Gasteiger partial charge in [0.2, 0.25) is 0 Å². The van der Waals surface area contributed by atoms with Gasteiger partial charge in [-0.3, -0.25) is 4.79 Å². The Morgan fingerprint density at radius 1 is 1.30 bits per heavy atom. The predicted octanol–water partition coefficient (Wildman–Crippen LogP) is 4.84. The second-order valence-electron chi connectivity index (χ2n) is 5.41. The lowest BCUT2D eigenvalue weighted by molar-refractivity contribution is -0.112. The molecule has 3 aromatic rings. The number of hydrogen-bond donors (Lipinski definition) is 1. The zero-order valence-corrected chi connectivity index (χ0v) is 16.5. The highest BCUT2D eigenvalue weighted by molar-refractivity contribution is 9.10. The van der Waals surface area contributed by atoms with E-state index in [1.54, 1.807) is 36.7 Å². The second kappa shape index (κ2) is 8.66. The molecule has 0 radical (unpaired) electrons. The zero-order chi connectivity index (χ0) is 19.2. The molecule has 134 valence electrons. The van der Waals surface area contributed by atoms with Crippen LogP contribution in [0, 0.1) is 18.3 Å². The van der Waals surface area contributed by atoms with E-state index in [9.17, 15) is 10.1 Å². The predicted molar refractivity (Wildman–Crippen MR) is 106 cm³/mol. The number of amides is 1. The van der Waals surface area contributed by atoms with E-state index >= 15 is 0 Å². The topological polar surface area (TPSA) is 91.8 Å². The molecule has 0 aliphatic heterocycles. The first-order valence-corrected chi connectivity index (χ1v) is 9.40. The number of hydrogen-bond acceptors (Lipinski definition) is 6. The molecule has 2 heterocycles. The maximum atomic E-state index is 12.3. The van der Waals surface area contributed by atoms with E-state index in [-0.39, 0.29) is 5.57 Å². The van der Waals surface area contributed by atoms with Gasteiger partial charge in [-0.25, -0.2) is 9.97 Å². The number of benzene rings is 1. The van der Waals surface area contributed by atoms with Crippen molar-refractivity contribution in [3.05, 3.63) is 70.2 Å². The van der Waals surface area contributed by atoms with Crippen molar-refractivity contribution < 1.29 is 9.21 Å². The number of furan rings is 1. The fraction of sp³-hybridized carbons (Fsp3) is 0.0526. The van der Waals surface area contributed by atoms with Gasteiger partial charge in [0.15, 0.2) is 10.2 Å². The van der Waals surface area contributed by atoms with Gasteiger partial charge in [-0.15, -0.1) is 0 Å². The van der Waals surface area contributed by atoms with Gasteiger partial charge >= 0.3 is 0 Å². The molecule has 8 heteroatoms. The monoisotopic (exact) mass is 440 g/mol. The summed E-state index contributed by atoms with van der Waals surface area (Å²) in [5.41, 5.74) is 1.63. The van der Waals surface area contributed by atoms with Crippen LogP contribution >= 0.6 is 27.7 Å². The van der Waals surface area contributed by atoms with Crippen LogP contribution in [0.3, 0.4) is 0 Å². The largest absolute Gasteiger partial charge is 0.449 e. The number of anilines is 1. The van der Waals surface area contributed by atoms with E-state index in [2.05, 4.69) is 31.2 Å².